The van der Waals surface area contributed by atoms with Crippen LogP contribution in [0.2, 0.25) is 0 Å². The third-order valence-electron chi connectivity index (χ3n) is 5.72. The molecule has 0 unspecified atom stereocenters. The van der Waals surface area contributed by atoms with Crippen molar-refractivity contribution in [3.05, 3.63) is 15.8 Å². The summed E-state index contributed by atoms with van der Waals surface area (Å²) in [6, 6.07) is 2.17. The number of likely N-dealkylation sites (tertiary alicyclic amines) is 1. The molecule has 1 saturated heterocycles. The number of hydrogen-bond donors (Lipinski definition) is 1. The van der Waals surface area contributed by atoms with Gasteiger partial charge >= 0.3 is 5.97 Å². The Bertz CT molecular complexity index is 757. The summed E-state index contributed by atoms with van der Waals surface area (Å²) in [4.78, 5) is 40.4. The number of carbonyl (C=O) groups is 3. The highest BCUT2D eigenvalue weighted by molar-refractivity contribution is 7.14. The van der Waals surface area contributed by atoms with E-state index < -0.39 is 5.97 Å². The van der Waals surface area contributed by atoms with Crippen LogP contribution in [0.25, 0.3) is 0 Å². The van der Waals surface area contributed by atoms with Gasteiger partial charge in [0, 0.05) is 29.8 Å². The molecule has 6 nitrogen and oxygen atoms in total. The Hall–Kier alpha value is -1.89. The Kier molecular flexibility index (Phi) is 6.12. The molecule has 0 spiro atoms. The zero-order valence-corrected chi connectivity index (χ0v) is 18.0. The number of esters is 1. The molecule has 1 aromatic rings. The van der Waals surface area contributed by atoms with Gasteiger partial charge in [-0.25, -0.2) is 4.79 Å². The Morgan fingerprint density at radius 1 is 1.21 bits per heavy atom. The van der Waals surface area contributed by atoms with Gasteiger partial charge in [-0.3, -0.25) is 9.59 Å². The quantitative estimate of drug-likeness (QED) is 0.768. The molecule has 2 heterocycles. The normalized spacial score (nSPS) is 23.0. The van der Waals surface area contributed by atoms with Crippen molar-refractivity contribution in [1.29, 1.82) is 0 Å². The first-order valence-electron chi connectivity index (χ1n) is 10.0. The van der Waals surface area contributed by atoms with Crippen LogP contribution in [0.5, 0.6) is 0 Å². The molecule has 1 aliphatic heterocycles. The van der Waals surface area contributed by atoms with E-state index in [1.807, 2.05) is 11.0 Å². The number of amides is 2. The molecular weight excluding hydrogens is 376 g/mol. The van der Waals surface area contributed by atoms with E-state index >= 15 is 0 Å². The van der Waals surface area contributed by atoms with E-state index in [1.54, 1.807) is 0 Å². The van der Waals surface area contributed by atoms with E-state index in [0.717, 1.165) is 43.5 Å². The fourth-order valence-corrected chi connectivity index (χ4v) is 5.13. The number of hydrogen-bond acceptors (Lipinski definition) is 5. The van der Waals surface area contributed by atoms with Gasteiger partial charge in [0.2, 0.25) is 11.8 Å². The smallest absolute Gasteiger partial charge is 0.350 e. The number of methoxy groups -OCH3 is 1. The largest absolute Gasteiger partial charge is 0.465 e. The SMILES string of the molecule is COC(=O)c1sc(C(C)(C)C)cc1NC(=O)[C@H]1CC[C@H](N2CCCC2=O)CC1. The van der Waals surface area contributed by atoms with Gasteiger partial charge in [0.15, 0.2) is 0 Å². The summed E-state index contributed by atoms with van der Waals surface area (Å²) in [5, 5.41) is 2.97. The lowest BCUT2D eigenvalue weighted by Crippen LogP contribution is -2.40. The Labute approximate surface area is 170 Å². The molecule has 0 bridgehead atoms. The second-order valence-corrected chi connectivity index (χ2v) is 9.83. The van der Waals surface area contributed by atoms with Crippen LogP contribution < -0.4 is 5.32 Å². The minimum atomic E-state index is -0.424. The predicted octanol–water partition coefficient (Wildman–Crippen LogP) is 3.95. The third-order valence-corrected chi connectivity index (χ3v) is 7.26. The molecule has 154 valence electrons. The summed E-state index contributed by atoms with van der Waals surface area (Å²) in [6.07, 6.45) is 4.87. The van der Waals surface area contributed by atoms with Crippen LogP contribution >= 0.6 is 11.3 Å². The highest BCUT2D eigenvalue weighted by Crippen LogP contribution is 2.37. The molecule has 1 aromatic heterocycles. The molecule has 3 rings (SSSR count). The standard InChI is InChI=1S/C21H30N2O4S/c1-21(2,3)16-12-15(18(28-16)20(26)27-4)22-19(25)13-7-9-14(10-8-13)23-11-5-6-17(23)24/h12-14H,5-11H2,1-4H3,(H,22,25)/t13-,14-. The molecule has 1 N–H and O–H groups in total. The van der Waals surface area contributed by atoms with E-state index in [-0.39, 0.29) is 29.2 Å². The van der Waals surface area contributed by atoms with E-state index in [1.165, 1.54) is 18.4 Å². The maximum absolute atomic E-state index is 12.8. The minimum Gasteiger partial charge on any atom is -0.465 e. The predicted molar refractivity (Wildman–Crippen MR) is 110 cm³/mol. The molecule has 0 radical (unpaired) electrons. The first-order chi connectivity index (χ1) is 13.2. The Balaban J connectivity index is 1.65. The first kappa shape index (κ1) is 20.8. The van der Waals surface area contributed by atoms with Crippen molar-refractivity contribution < 1.29 is 19.1 Å². The summed E-state index contributed by atoms with van der Waals surface area (Å²) in [7, 11) is 1.35. The van der Waals surface area contributed by atoms with Crippen LogP contribution in [0.1, 0.15) is 73.8 Å². The first-order valence-corrected chi connectivity index (χ1v) is 10.9. The molecule has 2 aliphatic rings. The zero-order chi connectivity index (χ0) is 20.5. The average Bonchev–Trinajstić information content (AvgIpc) is 3.27. The van der Waals surface area contributed by atoms with Crippen molar-refractivity contribution in [3.8, 4) is 0 Å². The number of carbonyl (C=O) groups excluding carboxylic acids is 3. The molecule has 28 heavy (non-hydrogen) atoms. The van der Waals surface area contributed by atoms with Crippen LogP contribution in [0, 0.1) is 5.92 Å². The van der Waals surface area contributed by atoms with Crippen molar-refractivity contribution >= 4 is 34.8 Å². The van der Waals surface area contributed by atoms with Gasteiger partial charge in [-0.1, -0.05) is 20.8 Å². The van der Waals surface area contributed by atoms with Crippen LogP contribution in [0.4, 0.5) is 5.69 Å². The van der Waals surface area contributed by atoms with Gasteiger partial charge < -0.3 is 15.0 Å². The second-order valence-electron chi connectivity index (χ2n) is 8.78. The van der Waals surface area contributed by atoms with E-state index in [4.69, 9.17) is 4.74 Å². The maximum Gasteiger partial charge on any atom is 0.350 e. The lowest BCUT2D eigenvalue weighted by atomic mass is 9.84. The molecule has 1 saturated carbocycles. The van der Waals surface area contributed by atoms with Gasteiger partial charge in [-0.05, 0) is 43.6 Å². The molecule has 7 heteroatoms. The highest BCUT2D eigenvalue weighted by Gasteiger charge is 2.34. The summed E-state index contributed by atoms with van der Waals surface area (Å²) in [5.74, 6) is -0.303. The third kappa shape index (κ3) is 4.40. The van der Waals surface area contributed by atoms with Gasteiger partial charge in [0.1, 0.15) is 4.88 Å². The van der Waals surface area contributed by atoms with E-state index in [0.29, 0.717) is 17.0 Å². The van der Waals surface area contributed by atoms with Crippen LogP contribution in [0.15, 0.2) is 6.07 Å². The number of ether oxygens (including phenoxy) is 1. The lowest BCUT2D eigenvalue weighted by molar-refractivity contribution is -0.130. The van der Waals surface area contributed by atoms with Gasteiger partial charge in [0.25, 0.3) is 0 Å². The lowest BCUT2D eigenvalue weighted by Gasteiger charge is -2.34. The fraction of sp³-hybridized carbons (Fsp3) is 0.667. The van der Waals surface area contributed by atoms with Crippen molar-refractivity contribution in [2.75, 3.05) is 19.0 Å². The molecule has 0 aromatic carbocycles. The van der Waals surface area contributed by atoms with Gasteiger partial charge in [-0.15, -0.1) is 11.3 Å². The molecular formula is C21H30N2O4S. The summed E-state index contributed by atoms with van der Waals surface area (Å²) in [5.41, 5.74) is 0.431. The number of thiophene rings is 1. The summed E-state index contributed by atoms with van der Waals surface area (Å²) in [6.45, 7) is 7.08. The maximum atomic E-state index is 12.8. The zero-order valence-electron chi connectivity index (χ0n) is 17.2. The molecule has 2 amide bonds. The van der Waals surface area contributed by atoms with Crippen LogP contribution in [-0.4, -0.2) is 42.4 Å². The van der Waals surface area contributed by atoms with Crippen LogP contribution in [0.3, 0.4) is 0 Å². The molecule has 2 fully saturated rings. The summed E-state index contributed by atoms with van der Waals surface area (Å²) < 4.78 is 4.89. The topological polar surface area (TPSA) is 75.7 Å². The van der Waals surface area contributed by atoms with Crippen molar-refractivity contribution in [3.63, 3.8) is 0 Å². The van der Waals surface area contributed by atoms with Gasteiger partial charge in [0.05, 0.1) is 12.8 Å². The number of nitrogens with zero attached hydrogens (tertiary/aromatic N) is 1. The van der Waals surface area contributed by atoms with Crippen LogP contribution in [-0.2, 0) is 19.7 Å². The molecule has 1 aliphatic carbocycles. The van der Waals surface area contributed by atoms with Gasteiger partial charge in [-0.2, -0.15) is 0 Å². The van der Waals surface area contributed by atoms with E-state index in [2.05, 4.69) is 26.1 Å². The van der Waals surface area contributed by atoms with E-state index in [9.17, 15) is 14.4 Å². The monoisotopic (exact) mass is 406 g/mol. The number of nitrogens with one attached hydrogen (secondary N) is 1. The van der Waals surface area contributed by atoms with Crippen molar-refractivity contribution in [1.82, 2.24) is 4.90 Å². The van der Waals surface area contributed by atoms with Crippen molar-refractivity contribution in [2.24, 2.45) is 5.92 Å². The molecule has 0 atom stereocenters. The Morgan fingerprint density at radius 2 is 1.89 bits per heavy atom. The Morgan fingerprint density at radius 3 is 2.43 bits per heavy atom. The average molecular weight is 407 g/mol. The fourth-order valence-electron chi connectivity index (χ4n) is 4.04. The second kappa shape index (κ2) is 8.23. The minimum absolute atomic E-state index is 0.0467. The number of rotatable bonds is 4. The number of anilines is 1. The highest BCUT2D eigenvalue weighted by atomic mass is 32.1. The summed E-state index contributed by atoms with van der Waals surface area (Å²) >= 11 is 1.37. The van der Waals surface area contributed by atoms with Crippen molar-refractivity contribution in [2.45, 2.75) is 70.8 Å².